The zero-order chi connectivity index (χ0) is 18.0. The van der Waals surface area contributed by atoms with Gasteiger partial charge in [0.05, 0.1) is 18.2 Å². The molecule has 0 radical (unpaired) electrons. The molecule has 1 heterocycles. The number of phenolic OH excluding ortho intramolecular Hbond substituents is 1. The molecule has 0 aliphatic carbocycles. The van der Waals surface area contributed by atoms with Crippen molar-refractivity contribution < 1.29 is 14.7 Å². The molecule has 1 aliphatic heterocycles. The number of nitrogens with zero attached hydrogens (tertiary/aromatic N) is 1. The van der Waals surface area contributed by atoms with E-state index < -0.39 is 0 Å². The van der Waals surface area contributed by atoms with Crippen molar-refractivity contribution in [3.05, 3.63) is 65.4 Å². The van der Waals surface area contributed by atoms with E-state index in [0.29, 0.717) is 5.69 Å². The number of aromatic hydroxyl groups is 1. The summed E-state index contributed by atoms with van der Waals surface area (Å²) in [5, 5.41) is 12.7. The summed E-state index contributed by atoms with van der Waals surface area (Å²) in [4.78, 5) is 26.0. The Bertz CT molecular complexity index is 858. The minimum Gasteiger partial charge on any atom is -0.506 e. The van der Waals surface area contributed by atoms with Gasteiger partial charge in [-0.15, -0.1) is 0 Å². The molecule has 128 valence electrons. The molecule has 0 unspecified atom stereocenters. The van der Waals surface area contributed by atoms with Crippen LogP contribution in [0.3, 0.4) is 0 Å². The zero-order valence-electron chi connectivity index (χ0n) is 14.2. The van der Waals surface area contributed by atoms with E-state index in [4.69, 9.17) is 0 Å². The summed E-state index contributed by atoms with van der Waals surface area (Å²) in [7, 11) is 0. The number of anilines is 1. The van der Waals surface area contributed by atoms with Gasteiger partial charge in [-0.1, -0.05) is 30.3 Å². The van der Waals surface area contributed by atoms with Crippen LogP contribution in [0.4, 0.5) is 5.69 Å². The minimum atomic E-state index is -0.369. The van der Waals surface area contributed by atoms with Crippen molar-refractivity contribution in [2.75, 3.05) is 5.32 Å². The predicted molar refractivity (Wildman–Crippen MR) is 96.8 cm³/mol. The molecule has 2 aromatic rings. The molecule has 0 spiro atoms. The van der Waals surface area contributed by atoms with E-state index in [-0.39, 0.29) is 30.0 Å². The third-order valence-electron chi connectivity index (χ3n) is 4.28. The number of phenols is 1. The molecule has 25 heavy (non-hydrogen) atoms. The standard InChI is InChI=1S/C20H20N2O3/c1-13-7-8-17(19(24)11-13)21-20(25)12-18-16-6-4-3-5-15(16)9-10-22(18)14(2)23/h3-11,18,24H,12H2,1-2H3,(H,21,25)/t18-/m1/s1. The van der Waals surface area contributed by atoms with Crippen LogP contribution in [0.25, 0.3) is 6.08 Å². The van der Waals surface area contributed by atoms with Crippen LogP contribution in [0.1, 0.15) is 36.1 Å². The average molecular weight is 336 g/mol. The highest BCUT2D eigenvalue weighted by atomic mass is 16.3. The number of rotatable bonds is 3. The average Bonchev–Trinajstić information content (AvgIpc) is 2.57. The summed E-state index contributed by atoms with van der Waals surface area (Å²) in [6.07, 6.45) is 3.69. The van der Waals surface area contributed by atoms with Gasteiger partial charge in [0.1, 0.15) is 5.75 Å². The van der Waals surface area contributed by atoms with E-state index >= 15 is 0 Å². The van der Waals surface area contributed by atoms with Crippen molar-refractivity contribution in [1.29, 1.82) is 0 Å². The van der Waals surface area contributed by atoms with Crippen molar-refractivity contribution in [2.24, 2.45) is 0 Å². The molecule has 5 nitrogen and oxygen atoms in total. The van der Waals surface area contributed by atoms with Crippen molar-refractivity contribution >= 4 is 23.6 Å². The Morgan fingerprint density at radius 3 is 2.68 bits per heavy atom. The first kappa shape index (κ1) is 16.8. The lowest BCUT2D eigenvalue weighted by Gasteiger charge is -2.32. The first-order valence-electron chi connectivity index (χ1n) is 8.11. The number of benzene rings is 2. The zero-order valence-corrected chi connectivity index (χ0v) is 14.2. The molecule has 0 saturated carbocycles. The molecule has 1 aliphatic rings. The van der Waals surface area contributed by atoms with E-state index in [1.165, 1.54) is 6.92 Å². The Labute approximate surface area is 146 Å². The van der Waals surface area contributed by atoms with Crippen LogP contribution in [-0.4, -0.2) is 21.8 Å². The largest absolute Gasteiger partial charge is 0.506 e. The van der Waals surface area contributed by atoms with E-state index in [9.17, 15) is 14.7 Å². The van der Waals surface area contributed by atoms with Crippen LogP contribution < -0.4 is 5.32 Å². The number of aryl methyl sites for hydroxylation is 1. The summed E-state index contributed by atoms with van der Waals surface area (Å²) in [5.41, 5.74) is 3.20. The van der Waals surface area contributed by atoms with Gasteiger partial charge in [0.15, 0.2) is 0 Å². The topological polar surface area (TPSA) is 69.6 Å². The lowest BCUT2D eigenvalue weighted by atomic mass is 9.93. The Morgan fingerprint density at radius 1 is 1.20 bits per heavy atom. The number of nitrogens with one attached hydrogen (secondary N) is 1. The van der Waals surface area contributed by atoms with Crippen molar-refractivity contribution in [3.8, 4) is 5.75 Å². The smallest absolute Gasteiger partial charge is 0.226 e. The molecule has 2 N–H and O–H groups in total. The van der Waals surface area contributed by atoms with Gasteiger partial charge < -0.3 is 15.3 Å². The van der Waals surface area contributed by atoms with Gasteiger partial charge in [0.2, 0.25) is 11.8 Å². The molecule has 0 fully saturated rings. The van der Waals surface area contributed by atoms with Crippen molar-refractivity contribution in [3.63, 3.8) is 0 Å². The number of carbonyl (C=O) groups excluding carboxylic acids is 2. The number of hydrogen-bond donors (Lipinski definition) is 2. The monoisotopic (exact) mass is 336 g/mol. The van der Waals surface area contributed by atoms with Crippen LogP contribution in [-0.2, 0) is 9.59 Å². The Morgan fingerprint density at radius 2 is 1.96 bits per heavy atom. The van der Waals surface area contributed by atoms with Gasteiger partial charge >= 0.3 is 0 Å². The van der Waals surface area contributed by atoms with E-state index in [0.717, 1.165) is 16.7 Å². The molecular formula is C20H20N2O3. The molecule has 5 heteroatoms. The first-order valence-corrected chi connectivity index (χ1v) is 8.11. The molecule has 0 bridgehead atoms. The Hall–Kier alpha value is -3.08. The maximum Gasteiger partial charge on any atom is 0.226 e. The SMILES string of the molecule is CC(=O)N1C=Cc2ccccc2[C@H]1CC(=O)Nc1ccc(C)cc1O. The minimum absolute atomic E-state index is 0.0284. The van der Waals surface area contributed by atoms with E-state index in [1.54, 1.807) is 23.2 Å². The van der Waals surface area contributed by atoms with Gasteiger partial charge in [-0.05, 0) is 41.8 Å². The summed E-state index contributed by atoms with van der Waals surface area (Å²) >= 11 is 0. The summed E-state index contributed by atoms with van der Waals surface area (Å²) in [6, 6.07) is 12.4. The molecule has 2 amide bonds. The Kier molecular flexibility index (Phi) is 4.57. The third-order valence-corrected chi connectivity index (χ3v) is 4.28. The molecular weight excluding hydrogens is 316 g/mol. The predicted octanol–water partition coefficient (Wildman–Crippen LogP) is 3.60. The molecule has 1 atom stereocenters. The van der Waals surface area contributed by atoms with Gasteiger partial charge in [-0.25, -0.2) is 0 Å². The maximum absolute atomic E-state index is 12.5. The summed E-state index contributed by atoms with van der Waals surface area (Å²) < 4.78 is 0. The molecule has 0 aromatic heterocycles. The second-order valence-corrected chi connectivity index (χ2v) is 6.16. The second-order valence-electron chi connectivity index (χ2n) is 6.16. The number of amides is 2. The third kappa shape index (κ3) is 3.55. The lowest BCUT2D eigenvalue weighted by molar-refractivity contribution is -0.129. The molecule has 0 saturated heterocycles. The van der Waals surface area contributed by atoms with E-state index in [1.807, 2.05) is 43.3 Å². The molecule has 2 aromatic carbocycles. The van der Waals surface area contributed by atoms with Crippen LogP contribution >= 0.6 is 0 Å². The number of carbonyl (C=O) groups is 2. The van der Waals surface area contributed by atoms with E-state index in [2.05, 4.69) is 5.32 Å². The fraction of sp³-hybridized carbons (Fsp3) is 0.200. The number of fused-ring (bicyclic) bond motifs is 1. The van der Waals surface area contributed by atoms with Gasteiger partial charge in [-0.2, -0.15) is 0 Å². The normalized spacial score (nSPS) is 15.6. The van der Waals surface area contributed by atoms with Crippen LogP contribution in [0.15, 0.2) is 48.7 Å². The van der Waals surface area contributed by atoms with Crippen LogP contribution in [0.5, 0.6) is 5.75 Å². The second kappa shape index (κ2) is 6.81. The number of hydrogen-bond acceptors (Lipinski definition) is 3. The van der Waals surface area contributed by atoms with Gasteiger partial charge in [0, 0.05) is 13.1 Å². The molecule has 3 rings (SSSR count). The highest BCUT2D eigenvalue weighted by Crippen LogP contribution is 2.33. The fourth-order valence-corrected chi connectivity index (χ4v) is 3.04. The van der Waals surface area contributed by atoms with Crippen LogP contribution in [0, 0.1) is 6.92 Å². The summed E-state index contributed by atoms with van der Waals surface area (Å²) in [6.45, 7) is 3.34. The summed E-state index contributed by atoms with van der Waals surface area (Å²) in [5.74, 6) is -0.358. The van der Waals surface area contributed by atoms with Crippen molar-refractivity contribution in [1.82, 2.24) is 4.90 Å². The van der Waals surface area contributed by atoms with Gasteiger partial charge in [-0.3, -0.25) is 9.59 Å². The quantitative estimate of drug-likeness (QED) is 0.841. The van der Waals surface area contributed by atoms with Crippen LogP contribution in [0.2, 0.25) is 0 Å². The maximum atomic E-state index is 12.5. The highest BCUT2D eigenvalue weighted by Gasteiger charge is 2.28. The van der Waals surface area contributed by atoms with Gasteiger partial charge in [0.25, 0.3) is 0 Å². The highest BCUT2D eigenvalue weighted by molar-refractivity contribution is 5.93. The van der Waals surface area contributed by atoms with Crippen molar-refractivity contribution in [2.45, 2.75) is 26.3 Å². The fourth-order valence-electron chi connectivity index (χ4n) is 3.04. The lowest BCUT2D eigenvalue weighted by Crippen LogP contribution is -2.33. The Balaban J connectivity index is 1.82. The first-order chi connectivity index (χ1) is 12.0.